The Bertz CT molecular complexity index is 531. The van der Waals surface area contributed by atoms with E-state index in [0.717, 1.165) is 12.1 Å². The number of piperazine rings is 1. The molecular weight excluding hydrogens is 306 g/mol. The molecule has 7 heteroatoms. The topological polar surface area (TPSA) is 61.9 Å². The molecule has 1 heterocycles. The highest BCUT2D eigenvalue weighted by molar-refractivity contribution is 6.30. The Morgan fingerprint density at radius 2 is 2.09 bits per heavy atom. The number of hydrogen-bond acceptors (Lipinski definition) is 4. The van der Waals surface area contributed by atoms with E-state index < -0.39 is 0 Å². The Morgan fingerprint density at radius 3 is 2.73 bits per heavy atom. The van der Waals surface area contributed by atoms with Gasteiger partial charge in [-0.2, -0.15) is 0 Å². The van der Waals surface area contributed by atoms with Crippen molar-refractivity contribution in [3.63, 3.8) is 0 Å². The van der Waals surface area contributed by atoms with Crippen molar-refractivity contribution >= 4 is 29.6 Å². The Labute approximate surface area is 135 Å². The first-order valence-electron chi connectivity index (χ1n) is 7.18. The van der Waals surface area contributed by atoms with Gasteiger partial charge in [0.2, 0.25) is 12.3 Å². The van der Waals surface area contributed by atoms with Crippen LogP contribution in [-0.4, -0.2) is 62.0 Å². The maximum absolute atomic E-state index is 12.1. The average Bonchev–Trinajstić information content (AvgIpc) is 2.55. The van der Waals surface area contributed by atoms with Crippen molar-refractivity contribution in [3.8, 4) is 5.75 Å². The molecule has 1 aliphatic heterocycles. The van der Waals surface area contributed by atoms with E-state index in [1.54, 1.807) is 35.1 Å². The van der Waals surface area contributed by atoms with E-state index in [1.165, 1.54) is 0 Å². The molecule has 2 rings (SSSR count). The monoisotopic (exact) mass is 325 g/mol. The SMILES string of the molecule is COc1ccc(Cl)cc1NCCC(=O)N1CCN(C=O)CC1. The van der Waals surface area contributed by atoms with Crippen molar-refractivity contribution in [1.82, 2.24) is 9.80 Å². The first-order valence-corrected chi connectivity index (χ1v) is 7.56. The number of rotatable bonds is 6. The van der Waals surface area contributed by atoms with Crippen LogP contribution in [0.2, 0.25) is 5.02 Å². The molecule has 0 atom stereocenters. The zero-order valence-corrected chi connectivity index (χ0v) is 13.3. The molecule has 0 spiro atoms. The second kappa shape index (κ2) is 7.89. The van der Waals surface area contributed by atoms with E-state index in [9.17, 15) is 9.59 Å². The third-order valence-corrected chi connectivity index (χ3v) is 3.87. The number of amides is 2. The second-order valence-electron chi connectivity index (χ2n) is 5.04. The number of hydrogen-bond donors (Lipinski definition) is 1. The number of nitrogens with zero attached hydrogens (tertiary/aromatic N) is 2. The molecule has 1 saturated heterocycles. The van der Waals surface area contributed by atoms with Crippen LogP contribution in [0.1, 0.15) is 6.42 Å². The highest BCUT2D eigenvalue weighted by Gasteiger charge is 2.19. The van der Waals surface area contributed by atoms with Crippen molar-refractivity contribution in [2.75, 3.05) is 45.2 Å². The summed E-state index contributed by atoms with van der Waals surface area (Å²) >= 11 is 5.96. The number of methoxy groups -OCH3 is 1. The predicted molar refractivity (Wildman–Crippen MR) is 85.3 cm³/mol. The minimum absolute atomic E-state index is 0.0824. The summed E-state index contributed by atoms with van der Waals surface area (Å²) < 4.78 is 5.24. The van der Waals surface area contributed by atoms with Gasteiger partial charge in [0.1, 0.15) is 5.75 Å². The highest BCUT2D eigenvalue weighted by Crippen LogP contribution is 2.27. The Morgan fingerprint density at radius 1 is 1.36 bits per heavy atom. The van der Waals surface area contributed by atoms with E-state index in [0.29, 0.717) is 49.9 Å². The van der Waals surface area contributed by atoms with Gasteiger partial charge in [-0.05, 0) is 18.2 Å². The van der Waals surface area contributed by atoms with Crippen molar-refractivity contribution in [2.24, 2.45) is 0 Å². The highest BCUT2D eigenvalue weighted by atomic mass is 35.5. The van der Waals surface area contributed by atoms with Gasteiger partial charge in [0.05, 0.1) is 12.8 Å². The van der Waals surface area contributed by atoms with Crippen molar-refractivity contribution in [2.45, 2.75) is 6.42 Å². The zero-order chi connectivity index (χ0) is 15.9. The lowest BCUT2D eigenvalue weighted by Gasteiger charge is -2.32. The first kappa shape index (κ1) is 16.4. The second-order valence-corrected chi connectivity index (χ2v) is 5.48. The quantitative estimate of drug-likeness (QED) is 0.804. The number of carbonyl (C=O) groups is 2. The fourth-order valence-corrected chi connectivity index (χ4v) is 2.53. The summed E-state index contributed by atoms with van der Waals surface area (Å²) in [5.41, 5.74) is 0.772. The van der Waals surface area contributed by atoms with Gasteiger partial charge in [0.15, 0.2) is 0 Å². The normalized spacial score (nSPS) is 14.6. The van der Waals surface area contributed by atoms with Crippen LogP contribution in [0.25, 0.3) is 0 Å². The Hall–Kier alpha value is -1.95. The number of ether oxygens (including phenoxy) is 1. The van der Waals surface area contributed by atoms with E-state index in [2.05, 4.69) is 5.32 Å². The van der Waals surface area contributed by atoms with Crippen molar-refractivity contribution in [3.05, 3.63) is 23.2 Å². The smallest absolute Gasteiger partial charge is 0.224 e. The van der Waals surface area contributed by atoms with Gasteiger partial charge in [0, 0.05) is 44.2 Å². The van der Waals surface area contributed by atoms with Crippen LogP contribution in [0.5, 0.6) is 5.75 Å². The minimum Gasteiger partial charge on any atom is -0.495 e. The third kappa shape index (κ3) is 4.27. The van der Waals surface area contributed by atoms with Gasteiger partial charge >= 0.3 is 0 Å². The van der Waals surface area contributed by atoms with Crippen molar-refractivity contribution in [1.29, 1.82) is 0 Å². The lowest BCUT2D eigenvalue weighted by molar-refractivity contribution is -0.134. The molecule has 22 heavy (non-hydrogen) atoms. The number of halogens is 1. The fraction of sp³-hybridized carbons (Fsp3) is 0.467. The van der Waals surface area contributed by atoms with Crippen LogP contribution in [0.3, 0.4) is 0 Å². The first-order chi connectivity index (χ1) is 10.6. The summed E-state index contributed by atoms with van der Waals surface area (Å²) in [6.07, 6.45) is 1.21. The molecular formula is C15H20ClN3O3. The number of anilines is 1. The lowest BCUT2D eigenvalue weighted by Crippen LogP contribution is -2.48. The minimum atomic E-state index is 0.0824. The van der Waals surface area contributed by atoms with Gasteiger partial charge in [-0.15, -0.1) is 0 Å². The molecule has 1 fully saturated rings. The van der Waals surface area contributed by atoms with Crippen LogP contribution in [0, 0.1) is 0 Å². The fourth-order valence-electron chi connectivity index (χ4n) is 2.36. The van der Waals surface area contributed by atoms with Crippen LogP contribution >= 0.6 is 11.6 Å². The van der Waals surface area contributed by atoms with Crippen LogP contribution < -0.4 is 10.1 Å². The molecule has 0 aliphatic carbocycles. The molecule has 0 radical (unpaired) electrons. The standard InChI is InChI=1S/C15H20ClN3O3/c1-22-14-3-2-12(16)10-13(14)17-5-4-15(21)19-8-6-18(11-20)7-9-19/h2-3,10-11,17H,4-9H2,1H3. The molecule has 120 valence electrons. The number of nitrogens with one attached hydrogen (secondary N) is 1. The summed E-state index contributed by atoms with van der Waals surface area (Å²) in [7, 11) is 1.59. The van der Waals surface area contributed by atoms with Gasteiger partial charge in [-0.3, -0.25) is 9.59 Å². The molecule has 0 bridgehead atoms. The zero-order valence-electron chi connectivity index (χ0n) is 12.5. The third-order valence-electron chi connectivity index (χ3n) is 3.63. The van der Waals surface area contributed by atoms with E-state index in [1.807, 2.05) is 0 Å². The van der Waals surface area contributed by atoms with E-state index in [4.69, 9.17) is 16.3 Å². The molecule has 1 aliphatic rings. The molecule has 6 nitrogen and oxygen atoms in total. The summed E-state index contributed by atoms with van der Waals surface area (Å²) in [6, 6.07) is 5.31. The maximum Gasteiger partial charge on any atom is 0.224 e. The molecule has 1 aromatic carbocycles. The largest absolute Gasteiger partial charge is 0.495 e. The molecule has 1 aromatic rings. The van der Waals surface area contributed by atoms with Gasteiger partial charge < -0.3 is 19.9 Å². The maximum atomic E-state index is 12.1. The summed E-state index contributed by atoms with van der Waals surface area (Å²) in [4.78, 5) is 26.2. The summed E-state index contributed by atoms with van der Waals surface area (Å²) in [5.74, 6) is 0.774. The van der Waals surface area contributed by atoms with Crippen LogP contribution in [-0.2, 0) is 9.59 Å². The molecule has 0 aromatic heterocycles. The molecule has 0 saturated carbocycles. The molecule has 2 amide bonds. The van der Waals surface area contributed by atoms with E-state index in [-0.39, 0.29) is 5.91 Å². The summed E-state index contributed by atoms with van der Waals surface area (Å²) in [5, 5.41) is 3.78. The van der Waals surface area contributed by atoms with Gasteiger partial charge in [-0.25, -0.2) is 0 Å². The van der Waals surface area contributed by atoms with Crippen molar-refractivity contribution < 1.29 is 14.3 Å². The van der Waals surface area contributed by atoms with Crippen LogP contribution in [0.4, 0.5) is 5.69 Å². The predicted octanol–water partition coefficient (Wildman–Crippen LogP) is 1.45. The molecule has 1 N–H and O–H groups in total. The lowest BCUT2D eigenvalue weighted by atomic mass is 10.2. The number of benzene rings is 1. The van der Waals surface area contributed by atoms with Gasteiger partial charge in [-0.1, -0.05) is 11.6 Å². The Kier molecular flexibility index (Phi) is 5.89. The van der Waals surface area contributed by atoms with Crippen LogP contribution in [0.15, 0.2) is 18.2 Å². The average molecular weight is 326 g/mol. The van der Waals surface area contributed by atoms with E-state index >= 15 is 0 Å². The number of carbonyl (C=O) groups excluding carboxylic acids is 2. The Balaban J connectivity index is 1.80. The molecule has 0 unspecified atom stereocenters. The summed E-state index contributed by atoms with van der Waals surface area (Å²) in [6.45, 7) is 2.90. The van der Waals surface area contributed by atoms with Gasteiger partial charge in [0.25, 0.3) is 0 Å².